The fourth-order valence-electron chi connectivity index (χ4n) is 2.52. The van der Waals surface area contributed by atoms with Gasteiger partial charge in [0.2, 0.25) is 0 Å². The largest absolute Gasteiger partial charge is 0.508 e. The van der Waals surface area contributed by atoms with Crippen LogP contribution < -0.4 is 9.86 Å². The summed E-state index contributed by atoms with van der Waals surface area (Å²) in [6.07, 6.45) is 2.40. The molecule has 4 N–H and O–H groups in total. The number of hydrogen-bond donors (Lipinski definition) is 3. The molecule has 9 heteroatoms. The van der Waals surface area contributed by atoms with Crippen molar-refractivity contribution >= 4 is 27.7 Å². The van der Waals surface area contributed by atoms with Crippen molar-refractivity contribution in [1.29, 1.82) is 0 Å². The Morgan fingerprint density at radius 1 is 1.45 bits per heavy atom. The third-order valence-electron chi connectivity index (χ3n) is 3.59. The number of carbonyl (C=O) groups is 1. The standard InChI is InChI=1S/C13H18ClN3O4S/c14-12-5-4-10(18)7-11(12)13(19)17-6-2-1-3-9(17)8-16-22(15,20)21/h4-5,7,9,16,18H,1-3,6,8H2,(H2,15,20,21)/t9-/m0/s1. The van der Waals surface area contributed by atoms with E-state index in [1.54, 1.807) is 4.90 Å². The first kappa shape index (κ1) is 17.0. The Bertz CT molecular complexity index is 665. The second kappa shape index (κ2) is 6.82. The number of piperidine rings is 1. The molecule has 1 amide bonds. The number of nitrogens with two attached hydrogens (primary N) is 1. The van der Waals surface area contributed by atoms with Crippen molar-refractivity contribution in [2.24, 2.45) is 5.14 Å². The van der Waals surface area contributed by atoms with Crippen LogP contribution >= 0.6 is 11.6 Å². The van der Waals surface area contributed by atoms with Crippen LogP contribution in [0, 0.1) is 0 Å². The number of nitrogens with zero attached hydrogens (tertiary/aromatic N) is 1. The van der Waals surface area contributed by atoms with Crippen molar-refractivity contribution in [3.63, 3.8) is 0 Å². The zero-order chi connectivity index (χ0) is 16.3. The summed E-state index contributed by atoms with van der Waals surface area (Å²) in [5.41, 5.74) is 0.198. The SMILES string of the molecule is NS(=O)(=O)NC[C@@H]1CCCCN1C(=O)c1cc(O)ccc1Cl. The summed E-state index contributed by atoms with van der Waals surface area (Å²) in [5, 5.41) is 14.7. The topological polar surface area (TPSA) is 113 Å². The smallest absolute Gasteiger partial charge is 0.274 e. The van der Waals surface area contributed by atoms with Gasteiger partial charge in [0.05, 0.1) is 10.6 Å². The monoisotopic (exact) mass is 347 g/mol. The predicted octanol–water partition coefficient (Wildman–Crippen LogP) is 0.833. The normalized spacial score (nSPS) is 19.2. The first-order valence-corrected chi connectivity index (χ1v) is 8.77. The van der Waals surface area contributed by atoms with Gasteiger partial charge in [-0.2, -0.15) is 8.42 Å². The van der Waals surface area contributed by atoms with Gasteiger partial charge >= 0.3 is 0 Å². The Morgan fingerprint density at radius 3 is 2.86 bits per heavy atom. The summed E-state index contributed by atoms with van der Waals surface area (Å²) in [7, 11) is -3.81. The molecule has 2 rings (SSSR count). The van der Waals surface area contributed by atoms with Gasteiger partial charge in [0, 0.05) is 19.1 Å². The number of likely N-dealkylation sites (tertiary alicyclic amines) is 1. The van der Waals surface area contributed by atoms with Gasteiger partial charge in [-0.05, 0) is 37.5 Å². The highest BCUT2D eigenvalue weighted by molar-refractivity contribution is 7.87. The van der Waals surface area contributed by atoms with Crippen LogP contribution in [0.15, 0.2) is 18.2 Å². The molecular weight excluding hydrogens is 330 g/mol. The average Bonchev–Trinajstić information content (AvgIpc) is 2.46. The van der Waals surface area contributed by atoms with Crippen molar-refractivity contribution in [3.8, 4) is 5.75 Å². The Morgan fingerprint density at radius 2 is 2.18 bits per heavy atom. The highest BCUT2D eigenvalue weighted by Gasteiger charge is 2.29. The highest BCUT2D eigenvalue weighted by atomic mass is 35.5. The van der Waals surface area contributed by atoms with Crippen LogP contribution in [-0.2, 0) is 10.2 Å². The summed E-state index contributed by atoms with van der Waals surface area (Å²) in [5.74, 6) is -0.384. The lowest BCUT2D eigenvalue weighted by Gasteiger charge is -2.36. The van der Waals surface area contributed by atoms with Gasteiger partial charge in [0.1, 0.15) is 5.75 Å². The number of nitrogens with one attached hydrogen (secondary N) is 1. The molecule has 1 saturated heterocycles. The number of rotatable bonds is 4. The summed E-state index contributed by atoms with van der Waals surface area (Å²) >= 11 is 6.02. The Labute approximate surface area is 134 Å². The molecule has 7 nitrogen and oxygen atoms in total. The van der Waals surface area contributed by atoms with E-state index >= 15 is 0 Å². The second-order valence-corrected chi connectivity index (χ2v) is 6.99. The lowest BCUT2D eigenvalue weighted by atomic mass is 10.0. The van der Waals surface area contributed by atoms with Gasteiger partial charge < -0.3 is 10.0 Å². The van der Waals surface area contributed by atoms with Crippen LogP contribution in [0.5, 0.6) is 5.75 Å². The molecule has 0 spiro atoms. The molecule has 1 aliphatic rings. The first-order chi connectivity index (χ1) is 10.3. The van der Waals surface area contributed by atoms with Gasteiger partial charge in [-0.15, -0.1) is 0 Å². The second-order valence-electron chi connectivity index (χ2n) is 5.21. The minimum Gasteiger partial charge on any atom is -0.508 e. The quantitative estimate of drug-likeness (QED) is 0.748. The number of phenolic OH excluding ortho intramolecular Hbond substituents is 1. The lowest BCUT2D eigenvalue weighted by molar-refractivity contribution is 0.0618. The molecule has 1 fully saturated rings. The molecule has 22 heavy (non-hydrogen) atoms. The fourth-order valence-corrected chi connectivity index (χ4v) is 3.15. The third-order valence-corrected chi connectivity index (χ3v) is 4.49. The summed E-state index contributed by atoms with van der Waals surface area (Å²) in [4.78, 5) is 14.2. The third kappa shape index (κ3) is 4.33. The van der Waals surface area contributed by atoms with Crippen molar-refractivity contribution in [2.45, 2.75) is 25.3 Å². The van der Waals surface area contributed by atoms with E-state index < -0.39 is 10.2 Å². The molecule has 0 unspecified atom stereocenters. The zero-order valence-electron chi connectivity index (χ0n) is 11.8. The van der Waals surface area contributed by atoms with Crippen LogP contribution in [0.4, 0.5) is 0 Å². The average molecular weight is 348 g/mol. The molecule has 0 aliphatic carbocycles. The highest BCUT2D eigenvalue weighted by Crippen LogP contribution is 2.26. The van der Waals surface area contributed by atoms with Crippen molar-refractivity contribution in [2.75, 3.05) is 13.1 Å². The number of amides is 1. The van der Waals surface area contributed by atoms with Gasteiger partial charge in [-0.1, -0.05) is 11.6 Å². The van der Waals surface area contributed by atoms with E-state index in [0.717, 1.165) is 12.8 Å². The van der Waals surface area contributed by atoms with E-state index in [-0.39, 0.29) is 34.8 Å². The molecule has 0 aromatic heterocycles. The number of phenols is 1. The number of benzene rings is 1. The molecule has 0 radical (unpaired) electrons. The van der Waals surface area contributed by atoms with E-state index in [2.05, 4.69) is 4.72 Å². The molecule has 0 saturated carbocycles. The fraction of sp³-hybridized carbons (Fsp3) is 0.462. The summed E-state index contributed by atoms with van der Waals surface area (Å²) in [6, 6.07) is 3.86. The Hall–Kier alpha value is -1.35. The molecule has 122 valence electrons. The van der Waals surface area contributed by atoms with Gasteiger partial charge in [-0.3, -0.25) is 4.79 Å². The number of aromatic hydroxyl groups is 1. The number of carbonyl (C=O) groups excluding carboxylic acids is 1. The van der Waals surface area contributed by atoms with Gasteiger partial charge in [0.15, 0.2) is 0 Å². The Kier molecular flexibility index (Phi) is 5.28. The summed E-state index contributed by atoms with van der Waals surface area (Å²) in [6.45, 7) is 0.558. The minimum absolute atomic E-state index is 0.0519. The van der Waals surface area contributed by atoms with Crippen LogP contribution in [0.1, 0.15) is 29.6 Å². The van der Waals surface area contributed by atoms with Crippen LogP contribution in [-0.4, -0.2) is 43.5 Å². The van der Waals surface area contributed by atoms with Gasteiger partial charge in [0.25, 0.3) is 16.1 Å². The maximum absolute atomic E-state index is 12.6. The molecule has 1 heterocycles. The first-order valence-electron chi connectivity index (χ1n) is 6.85. The zero-order valence-corrected chi connectivity index (χ0v) is 13.4. The van der Waals surface area contributed by atoms with Crippen LogP contribution in [0.25, 0.3) is 0 Å². The van der Waals surface area contributed by atoms with Gasteiger partial charge in [-0.25, -0.2) is 9.86 Å². The van der Waals surface area contributed by atoms with Crippen LogP contribution in [0.2, 0.25) is 5.02 Å². The van der Waals surface area contributed by atoms with Crippen molar-refractivity contribution in [1.82, 2.24) is 9.62 Å². The predicted molar refractivity (Wildman–Crippen MR) is 82.9 cm³/mol. The van der Waals surface area contributed by atoms with Crippen LogP contribution in [0.3, 0.4) is 0 Å². The molecule has 1 aromatic carbocycles. The molecule has 1 aliphatic heterocycles. The van der Waals surface area contributed by atoms with Crippen molar-refractivity contribution in [3.05, 3.63) is 28.8 Å². The van der Waals surface area contributed by atoms with E-state index in [9.17, 15) is 18.3 Å². The van der Waals surface area contributed by atoms with E-state index in [4.69, 9.17) is 16.7 Å². The molecule has 1 atom stereocenters. The van der Waals surface area contributed by atoms with Crippen molar-refractivity contribution < 1.29 is 18.3 Å². The van der Waals surface area contributed by atoms with E-state index in [1.807, 2.05) is 0 Å². The Balaban J connectivity index is 2.19. The summed E-state index contributed by atoms with van der Waals surface area (Å²) < 4.78 is 24.3. The molecular formula is C13H18ClN3O4S. The van der Waals surface area contributed by atoms with E-state index in [0.29, 0.717) is 13.0 Å². The maximum atomic E-state index is 12.6. The number of halogens is 1. The lowest BCUT2D eigenvalue weighted by Crippen LogP contribution is -2.50. The minimum atomic E-state index is -3.81. The number of hydrogen-bond acceptors (Lipinski definition) is 4. The molecule has 1 aromatic rings. The maximum Gasteiger partial charge on any atom is 0.274 e. The molecule has 0 bridgehead atoms. The van der Waals surface area contributed by atoms with E-state index in [1.165, 1.54) is 18.2 Å².